The molecule has 2 aliphatic heterocycles. The maximum atomic E-state index is 14.5. The maximum Gasteiger partial charge on any atom is 0.329 e. The largest absolute Gasteiger partial charge is 0.481 e. The van der Waals surface area contributed by atoms with Crippen LogP contribution >= 0.6 is 0 Å². The van der Waals surface area contributed by atoms with Crippen molar-refractivity contribution in [2.45, 2.75) is 110 Å². The number of hydrogen-bond acceptors (Lipinski definition) is 7. The van der Waals surface area contributed by atoms with Gasteiger partial charge < -0.3 is 23.8 Å². The fraction of sp³-hybridized carbons (Fsp3) is 0.629. The number of methoxy groups -OCH3 is 1. The van der Waals surface area contributed by atoms with Crippen molar-refractivity contribution in [3.05, 3.63) is 58.8 Å². The summed E-state index contributed by atoms with van der Waals surface area (Å²) in [6.07, 6.45) is 5.53. The van der Waals surface area contributed by atoms with Crippen LogP contribution in [0.5, 0.6) is 5.88 Å². The van der Waals surface area contributed by atoms with E-state index in [1.165, 1.54) is 5.56 Å². The first-order valence-corrected chi connectivity index (χ1v) is 15.8. The number of hydrogen-bond donors (Lipinski definition) is 0. The van der Waals surface area contributed by atoms with Gasteiger partial charge in [-0.1, -0.05) is 52.0 Å². The molecule has 3 heterocycles. The molecule has 1 aromatic heterocycles. The number of rotatable bonds is 9. The van der Waals surface area contributed by atoms with Crippen molar-refractivity contribution < 1.29 is 28.5 Å². The van der Waals surface area contributed by atoms with Crippen molar-refractivity contribution in [3.8, 4) is 5.88 Å². The summed E-state index contributed by atoms with van der Waals surface area (Å²) in [5.74, 6) is -0.406. The van der Waals surface area contributed by atoms with E-state index in [1.54, 1.807) is 18.9 Å². The van der Waals surface area contributed by atoms with Gasteiger partial charge in [0, 0.05) is 24.3 Å². The van der Waals surface area contributed by atoms with E-state index in [-0.39, 0.29) is 30.5 Å². The van der Waals surface area contributed by atoms with E-state index in [0.717, 1.165) is 42.4 Å². The predicted molar refractivity (Wildman–Crippen MR) is 164 cm³/mol. The van der Waals surface area contributed by atoms with Crippen LogP contribution in [0.25, 0.3) is 0 Å². The monoisotopic (exact) mass is 592 g/mol. The molecule has 5 atom stereocenters. The molecule has 0 spiro atoms. The molecule has 8 nitrogen and oxygen atoms in total. The molecular weight excluding hydrogens is 544 g/mol. The van der Waals surface area contributed by atoms with Crippen LogP contribution in [0.2, 0.25) is 0 Å². The Hall–Kier alpha value is -2.97. The number of nitrogens with zero attached hydrogens (tertiary/aromatic N) is 2. The molecule has 0 N–H and O–H groups in total. The lowest BCUT2D eigenvalue weighted by molar-refractivity contribution is -0.162. The number of likely N-dealkylation sites (tertiary alicyclic amines) is 1. The fourth-order valence-electron chi connectivity index (χ4n) is 6.93. The van der Waals surface area contributed by atoms with E-state index < -0.39 is 35.7 Å². The Balaban J connectivity index is 1.62. The van der Waals surface area contributed by atoms with Crippen LogP contribution in [-0.2, 0) is 35.8 Å². The molecule has 0 radical (unpaired) electrons. The molecule has 43 heavy (non-hydrogen) atoms. The van der Waals surface area contributed by atoms with E-state index in [0.29, 0.717) is 18.9 Å². The number of pyridine rings is 1. The first kappa shape index (κ1) is 31.5. The van der Waals surface area contributed by atoms with E-state index in [1.807, 2.05) is 37.4 Å². The van der Waals surface area contributed by atoms with Crippen molar-refractivity contribution in [2.24, 2.45) is 11.3 Å². The van der Waals surface area contributed by atoms with Crippen LogP contribution in [0.4, 0.5) is 0 Å². The molecule has 8 heteroatoms. The third-order valence-corrected chi connectivity index (χ3v) is 9.60. The molecule has 1 amide bonds. The number of esters is 1. The molecule has 3 fully saturated rings. The minimum atomic E-state index is -0.829. The summed E-state index contributed by atoms with van der Waals surface area (Å²) in [4.78, 5) is 34.8. The third kappa shape index (κ3) is 6.32. The van der Waals surface area contributed by atoms with Gasteiger partial charge in [0.1, 0.15) is 12.1 Å². The van der Waals surface area contributed by atoms with Crippen LogP contribution in [0.15, 0.2) is 36.5 Å². The summed E-state index contributed by atoms with van der Waals surface area (Å²) < 4.78 is 24.3. The van der Waals surface area contributed by atoms with Gasteiger partial charge in [0.05, 0.1) is 32.5 Å². The minimum absolute atomic E-state index is 0.136. The van der Waals surface area contributed by atoms with Gasteiger partial charge in [-0.15, -0.1) is 0 Å². The summed E-state index contributed by atoms with van der Waals surface area (Å²) in [7, 11) is 1.62. The Bertz CT molecular complexity index is 1310. The minimum Gasteiger partial charge on any atom is -0.481 e. The summed E-state index contributed by atoms with van der Waals surface area (Å²) in [5, 5.41) is 0. The zero-order chi connectivity index (χ0) is 30.9. The summed E-state index contributed by atoms with van der Waals surface area (Å²) in [5.41, 5.74) is 3.76. The highest BCUT2D eigenvalue weighted by Crippen LogP contribution is 2.52. The lowest BCUT2D eigenvalue weighted by atomic mass is 9.73. The van der Waals surface area contributed by atoms with Crippen LogP contribution in [0.1, 0.15) is 95.0 Å². The molecular formula is C35H48N2O6. The predicted octanol–water partition coefficient (Wildman–Crippen LogP) is 6.08. The van der Waals surface area contributed by atoms with Crippen molar-refractivity contribution in [1.82, 2.24) is 9.88 Å². The molecule has 0 bridgehead atoms. The normalized spacial score (nSPS) is 26.7. The zero-order valence-corrected chi connectivity index (χ0v) is 26.9. The van der Waals surface area contributed by atoms with Gasteiger partial charge in [-0.2, -0.15) is 0 Å². The molecule has 1 saturated carbocycles. The van der Waals surface area contributed by atoms with Crippen molar-refractivity contribution in [1.29, 1.82) is 0 Å². The van der Waals surface area contributed by atoms with E-state index in [2.05, 4.69) is 38.7 Å². The third-order valence-electron chi connectivity index (χ3n) is 9.60. The first-order chi connectivity index (χ1) is 20.5. The lowest BCUT2D eigenvalue weighted by Gasteiger charge is -2.36. The number of amides is 1. The average molecular weight is 593 g/mol. The number of aromatic nitrogens is 1. The van der Waals surface area contributed by atoms with Gasteiger partial charge in [0.2, 0.25) is 5.88 Å². The first-order valence-electron chi connectivity index (χ1n) is 15.8. The second kappa shape index (κ2) is 12.6. The van der Waals surface area contributed by atoms with E-state index >= 15 is 0 Å². The SMILES string of the molecule is CCOC(=O)[C@@H]1[C@H](C(C)(C)C)[C@H](OCc2cc(C3(C)CC3)cnc2OC)[C@H](c2ccccc2C)N1C(=O)[C@@H]1CCCCO1. The van der Waals surface area contributed by atoms with Gasteiger partial charge in [-0.25, -0.2) is 9.78 Å². The Labute approximate surface area is 256 Å². The van der Waals surface area contributed by atoms with Crippen LogP contribution < -0.4 is 4.74 Å². The average Bonchev–Trinajstić information content (AvgIpc) is 3.64. The quantitative estimate of drug-likeness (QED) is 0.326. The summed E-state index contributed by atoms with van der Waals surface area (Å²) in [6, 6.07) is 8.86. The number of carbonyl (C=O) groups is 2. The standard InChI is InChI=1S/C35H48N2O6/c1-8-41-33(39)29-27(34(3,4)5)30(43-21-23-19-24(35(6)16-17-35)20-36-31(23)40-7)28(25-14-10-9-13-22(25)2)37(29)32(38)26-15-11-12-18-42-26/h9-10,13-14,19-20,26-30H,8,11-12,15-18,21H2,1-7H3/t26-,27-,28-,29-,30-/m0/s1. The van der Waals surface area contributed by atoms with Gasteiger partial charge >= 0.3 is 5.97 Å². The number of aryl methyl sites for hydroxylation is 1. The summed E-state index contributed by atoms with van der Waals surface area (Å²) in [6.45, 7) is 13.4. The molecule has 1 aliphatic carbocycles. The highest BCUT2D eigenvalue weighted by atomic mass is 16.5. The highest BCUT2D eigenvalue weighted by molar-refractivity contribution is 5.89. The molecule has 3 aliphatic rings. The van der Waals surface area contributed by atoms with Crippen LogP contribution in [0, 0.1) is 18.3 Å². The van der Waals surface area contributed by atoms with Crippen molar-refractivity contribution in [3.63, 3.8) is 0 Å². The van der Waals surface area contributed by atoms with Gasteiger partial charge in [0.15, 0.2) is 0 Å². The maximum absolute atomic E-state index is 14.5. The number of ether oxygens (including phenoxy) is 4. The fourth-order valence-corrected chi connectivity index (χ4v) is 6.93. The lowest BCUT2D eigenvalue weighted by Crippen LogP contribution is -2.51. The Morgan fingerprint density at radius 2 is 1.91 bits per heavy atom. The summed E-state index contributed by atoms with van der Waals surface area (Å²) >= 11 is 0. The number of carbonyl (C=O) groups excluding carboxylic acids is 2. The number of benzene rings is 1. The Morgan fingerprint density at radius 3 is 2.51 bits per heavy atom. The van der Waals surface area contributed by atoms with E-state index in [9.17, 15) is 9.59 Å². The molecule has 5 rings (SSSR count). The highest BCUT2D eigenvalue weighted by Gasteiger charge is 2.60. The second-order valence-electron chi connectivity index (χ2n) is 13.7. The van der Waals surface area contributed by atoms with Crippen LogP contribution in [0.3, 0.4) is 0 Å². The van der Waals surface area contributed by atoms with Gasteiger partial charge in [-0.3, -0.25) is 4.79 Å². The van der Waals surface area contributed by atoms with Crippen molar-refractivity contribution in [2.75, 3.05) is 20.3 Å². The second-order valence-corrected chi connectivity index (χ2v) is 13.7. The Kier molecular flexibility index (Phi) is 9.19. The molecule has 1 aromatic carbocycles. The molecule has 0 unspecified atom stereocenters. The van der Waals surface area contributed by atoms with Gasteiger partial charge in [-0.05, 0) is 79.5 Å². The van der Waals surface area contributed by atoms with E-state index in [4.69, 9.17) is 18.9 Å². The van der Waals surface area contributed by atoms with Crippen molar-refractivity contribution >= 4 is 11.9 Å². The molecule has 2 saturated heterocycles. The Morgan fingerprint density at radius 1 is 1.16 bits per heavy atom. The molecule has 234 valence electrons. The zero-order valence-electron chi connectivity index (χ0n) is 26.9. The van der Waals surface area contributed by atoms with Crippen LogP contribution in [-0.4, -0.2) is 60.3 Å². The topological polar surface area (TPSA) is 87.2 Å². The smallest absolute Gasteiger partial charge is 0.329 e. The molecule has 2 aromatic rings. The van der Waals surface area contributed by atoms with Gasteiger partial charge in [0.25, 0.3) is 5.91 Å².